The molecule has 0 aliphatic rings. The monoisotopic (exact) mass is 730 g/mol. The molecule has 0 aliphatic carbocycles. The van der Waals surface area contributed by atoms with Gasteiger partial charge in [0.05, 0.1) is 0 Å². The summed E-state index contributed by atoms with van der Waals surface area (Å²) in [6, 6.07) is 52.2. The molecular formula is C42H38Cl2SiZr-4. The molecule has 8 rings (SSSR count). The van der Waals surface area contributed by atoms with E-state index in [-0.39, 0.29) is 39.7 Å². The number of hydrogen-bond donors (Lipinski definition) is 0. The molecule has 0 saturated heterocycles. The maximum atomic E-state index is 3.06. The molecule has 0 unspecified atom stereocenters. The van der Waals surface area contributed by atoms with Crippen molar-refractivity contribution in [3.63, 3.8) is 0 Å². The van der Waals surface area contributed by atoms with Gasteiger partial charge in [0, 0.05) is 0 Å². The van der Waals surface area contributed by atoms with Crippen molar-refractivity contribution in [1.29, 1.82) is 0 Å². The van der Waals surface area contributed by atoms with Crippen LogP contribution >= 0.6 is 24.8 Å². The first kappa shape index (κ1) is 38.9. The summed E-state index contributed by atoms with van der Waals surface area (Å²) in [6.45, 7) is 7.47. The van der Waals surface area contributed by atoms with Gasteiger partial charge in [0.15, 0.2) is 0 Å². The minimum atomic E-state index is 0. The van der Waals surface area contributed by atoms with Gasteiger partial charge in [-0.15, -0.1) is 117 Å². The van der Waals surface area contributed by atoms with E-state index in [4.69, 9.17) is 0 Å². The van der Waals surface area contributed by atoms with Gasteiger partial charge in [0.25, 0.3) is 0 Å². The molecule has 2 radical (unpaired) electrons. The standard InChI is InChI=1S/2C20H15.2CH3.2ClH.Si.Zr/c2*1-14-13-16-8-3-5-11-18(16)20(14)19-12-6-9-15-7-2-4-10-17(15)19;;;;;;/h2*2-13H,1H3;2*1H3;2*1H;;/q4*-1;;;;. The minimum absolute atomic E-state index is 0. The summed E-state index contributed by atoms with van der Waals surface area (Å²) in [5.41, 5.74) is 8.11. The number of aryl methyl sites for hydroxylation is 2. The van der Waals surface area contributed by atoms with E-state index in [1.54, 1.807) is 0 Å². The van der Waals surface area contributed by atoms with Crippen molar-refractivity contribution in [3.05, 3.63) is 172 Å². The zero-order valence-corrected chi connectivity index (χ0v) is 31.8. The molecule has 232 valence electrons. The van der Waals surface area contributed by atoms with Gasteiger partial charge in [-0.2, -0.15) is 0 Å². The quantitative estimate of drug-likeness (QED) is 0.123. The molecule has 0 N–H and O–H groups in total. The molecule has 0 bridgehead atoms. The Morgan fingerprint density at radius 1 is 0.413 bits per heavy atom. The van der Waals surface area contributed by atoms with E-state index in [9.17, 15) is 0 Å². The van der Waals surface area contributed by atoms with Gasteiger partial charge in [-0.3, -0.25) is 0 Å². The van der Waals surface area contributed by atoms with Gasteiger partial charge in [0.1, 0.15) is 0 Å². The Bertz CT molecular complexity index is 2010. The van der Waals surface area contributed by atoms with Crippen LogP contribution in [0.2, 0.25) is 0 Å². The molecule has 8 aromatic carbocycles. The van der Waals surface area contributed by atoms with Gasteiger partial charge in [-0.25, -0.2) is 0 Å². The molecular weight excluding hydrogens is 695 g/mol. The van der Waals surface area contributed by atoms with Crippen molar-refractivity contribution in [2.24, 2.45) is 0 Å². The molecule has 0 saturated carbocycles. The van der Waals surface area contributed by atoms with Gasteiger partial charge in [-0.05, 0) is 21.5 Å². The zero-order valence-electron chi connectivity index (χ0n) is 26.7. The Kier molecular flexibility index (Phi) is 14.9. The number of fused-ring (bicyclic) bond motifs is 4. The van der Waals surface area contributed by atoms with E-state index >= 15 is 0 Å². The molecule has 0 atom stereocenters. The third-order valence-corrected chi connectivity index (χ3v) is 8.11. The van der Waals surface area contributed by atoms with E-state index < -0.39 is 0 Å². The van der Waals surface area contributed by atoms with Crippen molar-refractivity contribution >= 4 is 74.8 Å². The second-order valence-corrected chi connectivity index (χ2v) is 10.6. The zero-order chi connectivity index (χ0) is 29.1. The average molecular weight is 733 g/mol. The molecule has 8 aromatic rings. The molecule has 4 heteroatoms. The number of benzene rings is 6. The van der Waals surface area contributed by atoms with Gasteiger partial charge >= 0.3 is 30.2 Å². The first-order valence-electron chi connectivity index (χ1n) is 14.2. The van der Waals surface area contributed by atoms with Crippen LogP contribution in [-0.4, -0.2) is 6.88 Å². The molecule has 0 spiro atoms. The van der Waals surface area contributed by atoms with E-state index in [0.29, 0.717) is 0 Å². The average Bonchev–Trinajstić information content (AvgIpc) is 3.56. The number of hydrogen-bond acceptors (Lipinski definition) is 0. The van der Waals surface area contributed by atoms with Crippen molar-refractivity contribution in [2.45, 2.75) is 13.8 Å². The first-order valence-corrected chi connectivity index (χ1v) is 18.4. The Balaban J connectivity index is 0.000000281. The Morgan fingerprint density at radius 2 is 0.717 bits per heavy atom. The van der Waals surface area contributed by atoms with Crippen molar-refractivity contribution < 1.29 is 23.3 Å². The summed E-state index contributed by atoms with van der Waals surface area (Å²) in [4.78, 5) is 0. The molecule has 46 heavy (non-hydrogen) atoms. The van der Waals surface area contributed by atoms with Gasteiger partial charge < -0.3 is 14.9 Å². The maximum absolute atomic E-state index is 3.06. The van der Waals surface area contributed by atoms with E-state index in [1.165, 1.54) is 99.8 Å². The fraction of sp³-hybridized carbons (Fsp3) is 0.0476. The van der Waals surface area contributed by atoms with Crippen LogP contribution in [0, 0.1) is 28.7 Å². The van der Waals surface area contributed by atoms with Crippen LogP contribution in [0.3, 0.4) is 0 Å². The predicted molar refractivity (Wildman–Crippen MR) is 208 cm³/mol. The molecule has 0 heterocycles. The van der Waals surface area contributed by atoms with Crippen LogP contribution in [0.25, 0.3) is 65.3 Å². The molecule has 0 fully saturated rings. The summed E-state index contributed by atoms with van der Waals surface area (Å²) < 4.78 is 0. The SMILES string of the molecule is Cc1[cH-]c2ccccc2c1-c1cccc2ccccc12.Cc1[cH-]c2ccccc2c1-c1cccc2ccccc12.Cl.Cl.[CH3-].[CH3-].[Si]=[Zr]. The third kappa shape index (κ3) is 7.48. The van der Waals surface area contributed by atoms with Crippen molar-refractivity contribution in [2.75, 3.05) is 0 Å². The Morgan fingerprint density at radius 3 is 1.11 bits per heavy atom. The topological polar surface area (TPSA) is 0 Å². The molecule has 0 aromatic heterocycles. The van der Waals surface area contributed by atoms with Crippen LogP contribution in [0.1, 0.15) is 11.1 Å². The van der Waals surface area contributed by atoms with Crippen LogP contribution in [0.5, 0.6) is 0 Å². The summed E-state index contributed by atoms with van der Waals surface area (Å²) >= 11 is 1.36. The van der Waals surface area contributed by atoms with Crippen LogP contribution in [-0.2, 0) is 23.3 Å². The van der Waals surface area contributed by atoms with Crippen molar-refractivity contribution in [1.82, 2.24) is 0 Å². The summed E-state index contributed by atoms with van der Waals surface area (Å²) in [5.74, 6) is 0. The second kappa shape index (κ2) is 17.6. The summed E-state index contributed by atoms with van der Waals surface area (Å²) in [7, 11) is 0. The molecule has 0 aliphatic heterocycles. The normalized spacial score (nSPS) is 9.85. The predicted octanol–water partition coefficient (Wildman–Crippen LogP) is 12.7. The Hall–Kier alpha value is -3.26. The second-order valence-electron chi connectivity index (χ2n) is 10.6. The third-order valence-electron chi connectivity index (χ3n) is 8.11. The fourth-order valence-corrected chi connectivity index (χ4v) is 6.34. The van der Waals surface area contributed by atoms with Crippen LogP contribution in [0.4, 0.5) is 0 Å². The number of halogens is 2. The molecule has 0 nitrogen and oxygen atoms in total. The summed E-state index contributed by atoms with van der Waals surface area (Å²) in [5, 5.41) is 10.6. The van der Waals surface area contributed by atoms with Gasteiger partial charge in [-0.1, -0.05) is 122 Å². The van der Waals surface area contributed by atoms with Crippen LogP contribution in [0.15, 0.2) is 146 Å². The van der Waals surface area contributed by atoms with Crippen molar-refractivity contribution in [3.8, 4) is 22.3 Å². The summed E-state index contributed by atoms with van der Waals surface area (Å²) in [6.07, 6.45) is 0. The van der Waals surface area contributed by atoms with Crippen LogP contribution < -0.4 is 0 Å². The Labute approximate surface area is 303 Å². The fourth-order valence-electron chi connectivity index (χ4n) is 6.34. The van der Waals surface area contributed by atoms with E-state index in [0.717, 1.165) is 0 Å². The number of rotatable bonds is 2. The molecule has 0 amide bonds. The first-order chi connectivity index (χ1) is 20.7. The van der Waals surface area contributed by atoms with E-state index in [1.807, 2.05) is 0 Å². The van der Waals surface area contributed by atoms with E-state index in [2.05, 4.69) is 166 Å². The van der Waals surface area contributed by atoms with Gasteiger partial charge in [0.2, 0.25) is 0 Å².